The second-order valence-electron chi connectivity index (χ2n) is 3.85. The lowest BCUT2D eigenvalue weighted by Gasteiger charge is -2.05. The van der Waals surface area contributed by atoms with Crippen LogP contribution in [0.1, 0.15) is 12.8 Å². The van der Waals surface area contributed by atoms with Crippen molar-refractivity contribution < 1.29 is 9.47 Å². The molecule has 0 aromatic carbocycles. The fraction of sp³-hybridized carbons (Fsp3) is 0.727. The number of hydrogen-bond donors (Lipinski definition) is 2. The maximum Gasteiger partial charge on any atom is 0.171 e. The van der Waals surface area contributed by atoms with E-state index in [2.05, 4.69) is 10.4 Å². The molecule has 1 aromatic rings. The summed E-state index contributed by atoms with van der Waals surface area (Å²) in [5, 5.41) is 7.40. The van der Waals surface area contributed by atoms with E-state index in [1.54, 1.807) is 18.0 Å². The molecule has 0 fully saturated rings. The Kier molecular flexibility index (Phi) is 6.42. The SMILES string of the molecule is COCCOCCCCNc1nn(C)cc1N. The topological polar surface area (TPSA) is 74.3 Å². The van der Waals surface area contributed by atoms with Crippen LogP contribution in [0.15, 0.2) is 6.20 Å². The molecule has 6 heteroatoms. The molecule has 0 spiro atoms. The van der Waals surface area contributed by atoms with E-state index in [4.69, 9.17) is 15.2 Å². The fourth-order valence-electron chi connectivity index (χ4n) is 1.42. The van der Waals surface area contributed by atoms with E-state index in [1.165, 1.54) is 0 Å². The third-order valence-corrected chi connectivity index (χ3v) is 2.30. The van der Waals surface area contributed by atoms with Gasteiger partial charge in [0.15, 0.2) is 5.82 Å². The first-order valence-electron chi connectivity index (χ1n) is 5.83. The molecule has 0 atom stereocenters. The molecule has 3 N–H and O–H groups in total. The third kappa shape index (κ3) is 5.55. The van der Waals surface area contributed by atoms with E-state index in [0.29, 0.717) is 18.9 Å². The number of nitrogens with two attached hydrogens (primary N) is 1. The van der Waals surface area contributed by atoms with Gasteiger partial charge in [-0.05, 0) is 12.8 Å². The molecule has 0 unspecified atom stereocenters. The van der Waals surface area contributed by atoms with Gasteiger partial charge in [-0.1, -0.05) is 0 Å². The van der Waals surface area contributed by atoms with Crippen molar-refractivity contribution in [3.63, 3.8) is 0 Å². The van der Waals surface area contributed by atoms with Crippen LogP contribution in [0.3, 0.4) is 0 Å². The molecule has 1 aromatic heterocycles. The van der Waals surface area contributed by atoms with Crippen molar-refractivity contribution in [1.82, 2.24) is 9.78 Å². The average Bonchev–Trinajstić information content (AvgIpc) is 2.61. The minimum absolute atomic E-state index is 0.655. The van der Waals surface area contributed by atoms with Gasteiger partial charge in [-0.3, -0.25) is 4.68 Å². The van der Waals surface area contributed by atoms with Gasteiger partial charge in [0.05, 0.1) is 18.9 Å². The molecule has 0 aliphatic heterocycles. The highest BCUT2D eigenvalue weighted by Gasteiger charge is 2.01. The maximum atomic E-state index is 5.75. The Morgan fingerprint density at radius 1 is 1.35 bits per heavy atom. The summed E-state index contributed by atoms with van der Waals surface area (Å²) in [6.45, 7) is 2.94. The van der Waals surface area contributed by atoms with Crippen LogP contribution in [0.2, 0.25) is 0 Å². The minimum Gasteiger partial charge on any atom is -0.394 e. The summed E-state index contributed by atoms with van der Waals surface area (Å²) < 4.78 is 11.9. The van der Waals surface area contributed by atoms with Gasteiger partial charge < -0.3 is 20.5 Å². The lowest BCUT2D eigenvalue weighted by molar-refractivity contribution is 0.0691. The van der Waals surface area contributed by atoms with Crippen LogP contribution in [-0.4, -0.2) is 43.3 Å². The Bertz CT molecular complexity index is 314. The smallest absolute Gasteiger partial charge is 0.171 e. The summed E-state index contributed by atoms with van der Waals surface area (Å²) in [7, 11) is 3.52. The molecular weight excluding hydrogens is 220 g/mol. The molecule has 0 aliphatic carbocycles. The largest absolute Gasteiger partial charge is 0.394 e. The van der Waals surface area contributed by atoms with Crippen molar-refractivity contribution in [3.05, 3.63) is 6.20 Å². The summed E-state index contributed by atoms with van der Waals surface area (Å²) in [4.78, 5) is 0. The van der Waals surface area contributed by atoms with E-state index in [9.17, 15) is 0 Å². The van der Waals surface area contributed by atoms with Crippen molar-refractivity contribution >= 4 is 11.5 Å². The molecule has 0 saturated carbocycles. The van der Waals surface area contributed by atoms with E-state index in [-0.39, 0.29) is 0 Å². The van der Waals surface area contributed by atoms with Crippen molar-refractivity contribution in [2.75, 3.05) is 44.5 Å². The van der Waals surface area contributed by atoms with Gasteiger partial charge in [-0.25, -0.2) is 0 Å². The van der Waals surface area contributed by atoms with Gasteiger partial charge in [-0.2, -0.15) is 5.10 Å². The Balaban J connectivity index is 1.99. The Morgan fingerprint density at radius 2 is 2.18 bits per heavy atom. The van der Waals surface area contributed by atoms with E-state index in [1.807, 2.05) is 7.05 Å². The molecule has 17 heavy (non-hydrogen) atoms. The average molecular weight is 242 g/mol. The van der Waals surface area contributed by atoms with Gasteiger partial charge in [0, 0.05) is 33.5 Å². The molecule has 98 valence electrons. The van der Waals surface area contributed by atoms with Crippen LogP contribution in [0.25, 0.3) is 0 Å². The van der Waals surface area contributed by atoms with E-state index >= 15 is 0 Å². The number of nitrogens with zero attached hydrogens (tertiary/aromatic N) is 2. The molecule has 1 rings (SSSR count). The van der Waals surface area contributed by atoms with Gasteiger partial charge in [0.1, 0.15) is 0 Å². The van der Waals surface area contributed by atoms with Crippen molar-refractivity contribution in [3.8, 4) is 0 Å². The Morgan fingerprint density at radius 3 is 2.82 bits per heavy atom. The number of ether oxygens (including phenoxy) is 2. The number of hydrogen-bond acceptors (Lipinski definition) is 5. The second-order valence-corrected chi connectivity index (χ2v) is 3.85. The molecular formula is C11H22N4O2. The number of nitrogens with one attached hydrogen (secondary N) is 1. The highest BCUT2D eigenvalue weighted by atomic mass is 16.5. The summed E-state index contributed by atoms with van der Waals surface area (Å²) in [6, 6.07) is 0. The summed E-state index contributed by atoms with van der Waals surface area (Å²) >= 11 is 0. The molecule has 1 heterocycles. The number of anilines is 2. The van der Waals surface area contributed by atoms with Crippen molar-refractivity contribution in [2.45, 2.75) is 12.8 Å². The maximum absolute atomic E-state index is 5.75. The Hall–Kier alpha value is -1.27. The van der Waals surface area contributed by atoms with Gasteiger partial charge in [0.25, 0.3) is 0 Å². The van der Waals surface area contributed by atoms with Crippen LogP contribution in [0.5, 0.6) is 0 Å². The van der Waals surface area contributed by atoms with Crippen molar-refractivity contribution in [1.29, 1.82) is 0 Å². The summed E-state index contributed by atoms with van der Waals surface area (Å²) in [5.41, 5.74) is 6.44. The summed E-state index contributed by atoms with van der Waals surface area (Å²) in [6.07, 6.45) is 3.84. The normalized spacial score (nSPS) is 10.7. The fourth-order valence-corrected chi connectivity index (χ4v) is 1.42. The third-order valence-electron chi connectivity index (χ3n) is 2.30. The number of methoxy groups -OCH3 is 1. The highest BCUT2D eigenvalue weighted by Crippen LogP contribution is 2.13. The quantitative estimate of drug-likeness (QED) is 0.628. The number of unbranched alkanes of at least 4 members (excludes halogenated alkanes) is 1. The first kappa shape index (κ1) is 13.8. The van der Waals surface area contributed by atoms with Crippen LogP contribution in [0, 0.1) is 0 Å². The number of aromatic nitrogens is 2. The minimum atomic E-state index is 0.655. The zero-order valence-electron chi connectivity index (χ0n) is 10.6. The van der Waals surface area contributed by atoms with Crippen LogP contribution in [0.4, 0.5) is 11.5 Å². The van der Waals surface area contributed by atoms with Crippen molar-refractivity contribution in [2.24, 2.45) is 7.05 Å². The standard InChI is InChI=1S/C11H22N4O2/c1-15-9-10(12)11(14-15)13-5-3-4-6-17-8-7-16-2/h9H,3-8,12H2,1-2H3,(H,13,14). The van der Waals surface area contributed by atoms with Crippen LogP contribution < -0.4 is 11.1 Å². The van der Waals surface area contributed by atoms with Crippen LogP contribution in [-0.2, 0) is 16.5 Å². The predicted octanol–water partition coefficient (Wildman–Crippen LogP) is 0.857. The molecule has 0 aliphatic rings. The van der Waals surface area contributed by atoms with E-state index < -0.39 is 0 Å². The zero-order valence-corrected chi connectivity index (χ0v) is 10.6. The molecule has 0 bridgehead atoms. The first-order valence-corrected chi connectivity index (χ1v) is 5.83. The number of aryl methyl sites for hydroxylation is 1. The monoisotopic (exact) mass is 242 g/mol. The van der Waals surface area contributed by atoms with E-state index in [0.717, 1.165) is 31.8 Å². The first-order chi connectivity index (χ1) is 8.24. The lowest BCUT2D eigenvalue weighted by Crippen LogP contribution is -2.07. The number of rotatable bonds is 9. The Labute approximate surface area is 102 Å². The predicted molar refractivity (Wildman–Crippen MR) is 68.0 cm³/mol. The molecule has 0 radical (unpaired) electrons. The molecule has 0 saturated heterocycles. The van der Waals surface area contributed by atoms with Crippen LogP contribution >= 0.6 is 0 Å². The van der Waals surface area contributed by atoms with Gasteiger partial charge in [0.2, 0.25) is 0 Å². The van der Waals surface area contributed by atoms with Gasteiger partial charge in [-0.15, -0.1) is 0 Å². The number of nitrogen functional groups attached to an aromatic ring is 1. The zero-order chi connectivity index (χ0) is 12.5. The molecule has 0 amide bonds. The second kappa shape index (κ2) is 7.92. The van der Waals surface area contributed by atoms with Gasteiger partial charge >= 0.3 is 0 Å². The highest BCUT2D eigenvalue weighted by molar-refractivity contribution is 5.59. The lowest BCUT2D eigenvalue weighted by atomic mass is 10.3. The summed E-state index contributed by atoms with van der Waals surface area (Å²) in [5.74, 6) is 0.757. The molecule has 6 nitrogen and oxygen atoms in total.